The van der Waals surface area contributed by atoms with Gasteiger partial charge in [0.2, 0.25) is 0 Å². The maximum Gasteiger partial charge on any atom is 0.146 e. The Balaban J connectivity index is 1.86. The standard InChI is InChI=1S/C8H12N2O2/c1-3-11-4-2-7(1)10-8-5-9-12-6-8/h5-7,10H,1-4H2. The van der Waals surface area contributed by atoms with E-state index in [0.717, 1.165) is 31.7 Å². The minimum Gasteiger partial charge on any atom is -0.381 e. The lowest BCUT2D eigenvalue weighted by Gasteiger charge is -2.22. The molecule has 1 aromatic heterocycles. The fourth-order valence-corrected chi connectivity index (χ4v) is 1.35. The third kappa shape index (κ3) is 1.76. The molecule has 66 valence electrons. The quantitative estimate of drug-likeness (QED) is 0.722. The second-order valence-electron chi connectivity index (χ2n) is 2.94. The molecule has 0 aliphatic carbocycles. The smallest absolute Gasteiger partial charge is 0.146 e. The molecular weight excluding hydrogens is 156 g/mol. The Labute approximate surface area is 70.9 Å². The van der Waals surface area contributed by atoms with Crippen LogP contribution in [0.4, 0.5) is 5.69 Å². The molecule has 2 rings (SSSR count). The van der Waals surface area contributed by atoms with E-state index in [1.54, 1.807) is 12.5 Å². The number of hydrogen-bond acceptors (Lipinski definition) is 4. The number of nitrogens with zero attached hydrogens (tertiary/aromatic N) is 1. The van der Waals surface area contributed by atoms with Crippen LogP contribution in [0, 0.1) is 0 Å². The molecule has 12 heavy (non-hydrogen) atoms. The van der Waals surface area contributed by atoms with Gasteiger partial charge in [-0.2, -0.15) is 0 Å². The topological polar surface area (TPSA) is 47.3 Å². The highest BCUT2D eigenvalue weighted by Gasteiger charge is 2.13. The Morgan fingerprint density at radius 2 is 2.25 bits per heavy atom. The number of ether oxygens (including phenoxy) is 1. The molecule has 1 N–H and O–H groups in total. The van der Waals surface area contributed by atoms with Crippen molar-refractivity contribution in [1.82, 2.24) is 5.16 Å². The third-order valence-corrected chi connectivity index (χ3v) is 2.02. The van der Waals surface area contributed by atoms with E-state index >= 15 is 0 Å². The van der Waals surface area contributed by atoms with Crippen molar-refractivity contribution in [3.8, 4) is 0 Å². The molecule has 1 aliphatic rings. The Bertz CT molecular complexity index is 217. The van der Waals surface area contributed by atoms with E-state index in [-0.39, 0.29) is 0 Å². The zero-order chi connectivity index (χ0) is 8.23. The maximum atomic E-state index is 5.24. The molecule has 1 aliphatic heterocycles. The Morgan fingerprint density at radius 1 is 1.42 bits per heavy atom. The van der Waals surface area contributed by atoms with Gasteiger partial charge < -0.3 is 14.6 Å². The van der Waals surface area contributed by atoms with E-state index in [0.29, 0.717) is 6.04 Å². The largest absolute Gasteiger partial charge is 0.381 e. The van der Waals surface area contributed by atoms with Gasteiger partial charge in [-0.3, -0.25) is 0 Å². The number of anilines is 1. The first-order valence-corrected chi connectivity index (χ1v) is 4.19. The predicted molar refractivity (Wildman–Crippen MR) is 44.0 cm³/mol. The van der Waals surface area contributed by atoms with Gasteiger partial charge in [-0.15, -0.1) is 0 Å². The monoisotopic (exact) mass is 168 g/mol. The lowest BCUT2D eigenvalue weighted by atomic mass is 10.1. The van der Waals surface area contributed by atoms with Gasteiger partial charge in [0, 0.05) is 19.3 Å². The molecule has 2 heterocycles. The fourth-order valence-electron chi connectivity index (χ4n) is 1.35. The molecule has 0 saturated carbocycles. The van der Waals surface area contributed by atoms with Crippen LogP contribution in [0.3, 0.4) is 0 Å². The lowest BCUT2D eigenvalue weighted by molar-refractivity contribution is 0.0904. The number of hydrogen-bond donors (Lipinski definition) is 1. The van der Waals surface area contributed by atoms with Gasteiger partial charge >= 0.3 is 0 Å². The summed E-state index contributed by atoms with van der Waals surface area (Å²) in [6.45, 7) is 1.70. The maximum absolute atomic E-state index is 5.24. The first-order valence-electron chi connectivity index (χ1n) is 4.19. The third-order valence-electron chi connectivity index (χ3n) is 2.02. The summed E-state index contributed by atoms with van der Waals surface area (Å²) in [7, 11) is 0. The van der Waals surface area contributed by atoms with Crippen molar-refractivity contribution in [2.45, 2.75) is 18.9 Å². The molecule has 0 amide bonds. The molecule has 0 bridgehead atoms. The van der Waals surface area contributed by atoms with Gasteiger partial charge in [0.15, 0.2) is 0 Å². The second kappa shape index (κ2) is 3.58. The summed E-state index contributed by atoms with van der Waals surface area (Å²) in [4.78, 5) is 0. The highest BCUT2D eigenvalue weighted by molar-refractivity contribution is 5.37. The van der Waals surface area contributed by atoms with E-state index in [1.165, 1.54) is 0 Å². The Hall–Kier alpha value is -1.03. The van der Waals surface area contributed by atoms with Crippen LogP contribution in [-0.2, 0) is 4.74 Å². The molecule has 1 aromatic rings. The first-order chi connectivity index (χ1) is 5.95. The van der Waals surface area contributed by atoms with E-state index in [1.807, 2.05) is 0 Å². The number of nitrogens with one attached hydrogen (secondary N) is 1. The summed E-state index contributed by atoms with van der Waals surface area (Å²) in [5, 5.41) is 6.94. The molecule has 1 saturated heterocycles. The van der Waals surface area contributed by atoms with Crippen molar-refractivity contribution in [2.24, 2.45) is 0 Å². The average molecular weight is 168 g/mol. The van der Waals surface area contributed by atoms with Crippen molar-refractivity contribution in [2.75, 3.05) is 18.5 Å². The van der Waals surface area contributed by atoms with Gasteiger partial charge in [-0.1, -0.05) is 5.16 Å². The normalized spacial score (nSPS) is 19.3. The molecule has 0 atom stereocenters. The molecule has 1 fully saturated rings. The SMILES string of the molecule is c1nocc1NC1CCOCC1. The van der Waals surface area contributed by atoms with E-state index in [2.05, 4.69) is 10.5 Å². The molecule has 0 radical (unpaired) electrons. The summed E-state index contributed by atoms with van der Waals surface area (Å²) < 4.78 is 9.95. The van der Waals surface area contributed by atoms with Gasteiger partial charge in [0.1, 0.15) is 6.26 Å². The van der Waals surface area contributed by atoms with Crippen molar-refractivity contribution < 1.29 is 9.26 Å². The lowest BCUT2D eigenvalue weighted by Crippen LogP contribution is -2.27. The molecule has 4 heteroatoms. The molecular formula is C8H12N2O2. The highest BCUT2D eigenvalue weighted by atomic mass is 16.5. The van der Waals surface area contributed by atoms with Crippen LogP contribution in [-0.4, -0.2) is 24.4 Å². The zero-order valence-corrected chi connectivity index (χ0v) is 6.82. The van der Waals surface area contributed by atoms with Crippen molar-refractivity contribution in [3.05, 3.63) is 12.5 Å². The van der Waals surface area contributed by atoms with Crippen LogP contribution in [0.1, 0.15) is 12.8 Å². The average Bonchev–Trinajstić information content (AvgIpc) is 2.59. The Kier molecular flexibility index (Phi) is 2.27. The van der Waals surface area contributed by atoms with Crippen LogP contribution in [0.15, 0.2) is 17.0 Å². The minimum atomic E-state index is 0.512. The van der Waals surface area contributed by atoms with Crippen LogP contribution in [0.25, 0.3) is 0 Å². The fraction of sp³-hybridized carbons (Fsp3) is 0.625. The highest BCUT2D eigenvalue weighted by Crippen LogP contribution is 2.13. The van der Waals surface area contributed by atoms with Gasteiger partial charge in [-0.25, -0.2) is 0 Å². The van der Waals surface area contributed by atoms with Gasteiger partial charge in [0.25, 0.3) is 0 Å². The number of rotatable bonds is 2. The van der Waals surface area contributed by atoms with Crippen molar-refractivity contribution >= 4 is 5.69 Å². The van der Waals surface area contributed by atoms with Crippen LogP contribution >= 0.6 is 0 Å². The van der Waals surface area contributed by atoms with Crippen molar-refractivity contribution in [1.29, 1.82) is 0 Å². The Morgan fingerprint density at radius 3 is 2.92 bits per heavy atom. The van der Waals surface area contributed by atoms with Crippen LogP contribution in [0.5, 0.6) is 0 Å². The molecule has 0 spiro atoms. The van der Waals surface area contributed by atoms with E-state index < -0.39 is 0 Å². The summed E-state index contributed by atoms with van der Waals surface area (Å²) in [6, 6.07) is 0.512. The second-order valence-corrected chi connectivity index (χ2v) is 2.94. The summed E-state index contributed by atoms with van der Waals surface area (Å²) in [6.07, 6.45) is 5.43. The minimum absolute atomic E-state index is 0.512. The van der Waals surface area contributed by atoms with Gasteiger partial charge in [0.05, 0.1) is 11.9 Å². The summed E-state index contributed by atoms with van der Waals surface area (Å²) in [5.74, 6) is 0. The number of aromatic nitrogens is 1. The van der Waals surface area contributed by atoms with E-state index in [4.69, 9.17) is 9.26 Å². The van der Waals surface area contributed by atoms with E-state index in [9.17, 15) is 0 Å². The predicted octanol–water partition coefficient (Wildman–Crippen LogP) is 1.27. The molecule has 0 aromatic carbocycles. The summed E-state index contributed by atoms with van der Waals surface area (Å²) in [5.41, 5.74) is 0.960. The first kappa shape index (κ1) is 7.61. The van der Waals surface area contributed by atoms with Crippen LogP contribution < -0.4 is 5.32 Å². The van der Waals surface area contributed by atoms with Crippen molar-refractivity contribution in [3.63, 3.8) is 0 Å². The van der Waals surface area contributed by atoms with Gasteiger partial charge in [-0.05, 0) is 12.8 Å². The molecule has 4 nitrogen and oxygen atoms in total. The van der Waals surface area contributed by atoms with Crippen LogP contribution in [0.2, 0.25) is 0 Å². The zero-order valence-electron chi connectivity index (χ0n) is 6.82. The molecule has 0 unspecified atom stereocenters. The summed E-state index contributed by atoms with van der Waals surface area (Å²) >= 11 is 0.